The molecule has 4 aliphatic rings. The number of carbonyl (C=O) groups excluding carboxylic acids is 2. The van der Waals surface area contributed by atoms with Crippen LogP contribution >= 0.6 is 0 Å². The molecule has 0 saturated carbocycles. The van der Waals surface area contributed by atoms with Crippen molar-refractivity contribution in [2.75, 3.05) is 4.90 Å². The molecule has 1 heterocycles. The van der Waals surface area contributed by atoms with Crippen molar-refractivity contribution in [3.05, 3.63) is 101 Å². The SMILES string of the molecule is CC12c3ccccc3C(C)(c3ccccc31)[C@H]1C(=O)N(c3ccccc3)C(=O)[C@H]12. The van der Waals surface area contributed by atoms with Crippen LogP contribution in [0.3, 0.4) is 0 Å². The van der Waals surface area contributed by atoms with E-state index in [1.165, 1.54) is 27.2 Å². The molecule has 0 spiro atoms. The molecular formula is C26H21NO2. The normalized spacial score (nSPS) is 31.4. The number of carbonyl (C=O) groups is 2. The van der Waals surface area contributed by atoms with Crippen LogP contribution in [0, 0.1) is 11.8 Å². The highest BCUT2D eigenvalue weighted by Gasteiger charge is 2.70. The van der Waals surface area contributed by atoms with Crippen molar-refractivity contribution in [1.82, 2.24) is 0 Å². The highest BCUT2D eigenvalue weighted by Crippen LogP contribution is 2.66. The molecule has 0 aromatic heterocycles. The molecule has 2 bridgehead atoms. The maximum absolute atomic E-state index is 13.8. The van der Waals surface area contributed by atoms with E-state index >= 15 is 0 Å². The zero-order valence-electron chi connectivity index (χ0n) is 16.4. The highest BCUT2D eigenvalue weighted by molar-refractivity contribution is 6.24. The van der Waals surface area contributed by atoms with E-state index < -0.39 is 22.7 Å². The van der Waals surface area contributed by atoms with Gasteiger partial charge in [0.2, 0.25) is 11.8 Å². The number of imide groups is 1. The molecule has 3 aliphatic carbocycles. The van der Waals surface area contributed by atoms with Gasteiger partial charge in [-0.25, -0.2) is 4.90 Å². The number of rotatable bonds is 1. The van der Waals surface area contributed by atoms with Crippen LogP contribution in [0.15, 0.2) is 78.9 Å². The third-order valence-electron chi connectivity index (χ3n) is 7.66. The van der Waals surface area contributed by atoms with Crippen molar-refractivity contribution >= 4 is 17.5 Å². The fourth-order valence-electron chi connectivity index (χ4n) is 6.40. The average Bonchev–Trinajstić information content (AvgIpc) is 3.04. The third kappa shape index (κ3) is 1.71. The summed E-state index contributed by atoms with van der Waals surface area (Å²) in [5.41, 5.74) is 4.34. The number of para-hydroxylation sites is 1. The van der Waals surface area contributed by atoms with Gasteiger partial charge in [-0.1, -0.05) is 80.6 Å². The molecule has 1 fully saturated rings. The van der Waals surface area contributed by atoms with Gasteiger partial charge in [0.05, 0.1) is 17.5 Å². The van der Waals surface area contributed by atoms with E-state index in [4.69, 9.17) is 0 Å². The second-order valence-corrected chi connectivity index (χ2v) is 8.80. The summed E-state index contributed by atoms with van der Waals surface area (Å²) in [5, 5.41) is 0. The van der Waals surface area contributed by atoms with Crippen molar-refractivity contribution < 1.29 is 9.59 Å². The summed E-state index contributed by atoms with van der Waals surface area (Å²) in [6, 6.07) is 26.1. The molecule has 3 heteroatoms. The lowest BCUT2D eigenvalue weighted by molar-refractivity contribution is -0.124. The minimum absolute atomic E-state index is 0.0797. The van der Waals surface area contributed by atoms with Crippen molar-refractivity contribution in [2.45, 2.75) is 24.7 Å². The van der Waals surface area contributed by atoms with Crippen LogP contribution < -0.4 is 4.90 Å². The van der Waals surface area contributed by atoms with E-state index in [9.17, 15) is 9.59 Å². The fraction of sp³-hybridized carbons (Fsp3) is 0.231. The number of nitrogens with zero attached hydrogens (tertiary/aromatic N) is 1. The first-order chi connectivity index (χ1) is 14.0. The molecular weight excluding hydrogens is 358 g/mol. The Morgan fingerprint density at radius 2 is 0.931 bits per heavy atom. The largest absolute Gasteiger partial charge is 0.274 e. The second kappa shape index (κ2) is 5.24. The van der Waals surface area contributed by atoms with E-state index in [0.717, 1.165) is 0 Å². The van der Waals surface area contributed by atoms with Gasteiger partial charge in [-0.3, -0.25) is 9.59 Å². The average molecular weight is 379 g/mol. The maximum Gasteiger partial charge on any atom is 0.238 e. The Bertz CT molecular complexity index is 1070. The van der Waals surface area contributed by atoms with Gasteiger partial charge in [-0.15, -0.1) is 0 Å². The van der Waals surface area contributed by atoms with Crippen LogP contribution in [-0.2, 0) is 20.4 Å². The Labute approximate surface area is 170 Å². The van der Waals surface area contributed by atoms with Crippen molar-refractivity contribution in [3.63, 3.8) is 0 Å². The zero-order valence-corrected chi connectivity index (χ0v) is 16.4. The van der Waals surface area contributed by atoms with Gasteiger partial charge in [0.1, 0.15) is 0 Å². The lowest BCUT2D eigenvalue weighted by Crippen LogP contribution is -2.59. The molecule has 3 aromatic carbocycles. The topological polar surface area (TPSA) is 37.4 Å². The number of hydrogen-bond acceptors (Lipinski definition) is 2. The minimum atomic E-state index is -0.522. The molecule has 1 aliphatic heterocycles. The summed E-state index contributed by atoms with van der Waals surface area (Å²) in [6.07, 6.45) is 0. The molecule has 2 amide bonds. The second-order valence-electron chi connectivity index (χ2n) is 8.80. The molecule has 1 saturated heterocycles. The summed E-state index contributed by atoms with van der Waals surface area (Å²) in [6.45, 7) is 4.31. The standard InChI is InChI=1S/C26H21NO2/c1-25-17-12-6-8-14-19(17)26(2,20-15-9-7-13-18(20)25)22-21(25)23(28)27(24(22)29)16-10-4-3-5-11-16/h3-15,21-22H,1-2H3/t21-,22+,25?,26?. The van der Waals surface area contributed by atoms with Gasteiger partial charge in [0.15, 0.2) is 0 Å². The Morgan fingerprint density at radius 3 is 1.31 bits per heavy atom. The fourth-order valence-corrected chi connectivity index (χ4v) is 6.40. The van der Waals surface area contributed by atoms with Crippen molar-refractivity contribution in [1.29, 1.82) is 0 Å². The Kier molecular flexibility index (Phi) is 3.02. The Hall–Kier alpha value is -3.20. The molecule has 7 rings (SSSR count). The van der Waals surface area contributed by atoms with Gasteiger partial charge in [-0.2, -0.15) is 0 Å². The van der Waals surface area contributed by atoms with Crippen LogP contribution in [0.5, 0.6) is 0 Å². The van der Waals surface area contributed by atoms with E-state index in [-0.39, 0.29) is 11.8 Å². The lowest BCUT2D eigenvalue weighted by atomic mass is 9.42. The van der Waals surface area contributed by atoms with E-state index in [0.29, 0.717) is 5.69 Å². The molecule has 142 valence electrons. The molecule has 0 unspecified atom stereocenters. The van der Waals surface area contributed by atoms with Gasteiger partial charge in [0, 0.05) is 10.8 Å². The minimum Gasteiger partial charge on any atom is -0.274 e. The Morgan fingerprint density at radius 1 is 0.586 bits per heavy atom. The van der Waals surface area contributed by atoms with Crippen molar-refractivity contribution in [2.24, 2.45) is 11.8 Å². The predicted octanol–water partition coefficient (Wildman–Crippen LogP) is 4.43. The van der Waals surface area contributed by atoms with E-state index in [1.807, 2.05) is 54.6 Å². The van der Waals surface area contributed by atoms with E-state index in [1.54, 1.807) is 0 Å². The smallest absolute Gasteiger partial charge is 0.238 e. The van der Waals surface area contributed by atoms with Gasteiger partial charge < -0.3 is 0 Å². The number of hydrogen-bond donors (Lipinski definition) is 0. The summed E-state index contributed by atoms with van der Waals surface area (Å²) in [4.78, 5) is 29.1. The summed E-state index contributed by atoms with van der Waals surface area (Å²) in [7, 11) is 0. The predicted molar refractivity (Wildman–Crippen MR) is 112 cm³/mol. The summed E-state index contributed by atoms with van der Waals surface area (Å²) >= 11 is 0. The monoisotopic (exact) mass is 379 g/mol. The molecule has 29 heavy (non-hydrogen) atoms. The van der Waals surface area contributed by atoms with Crippen LogP contribution in [0.2, 0.25) is 0 Å². The van der Waals surface area contributed by atoms with Gasteiger partial charge in [-0.05, 0) is 34.4 Å². The summed E-state index contributed by atoms with van der Waals surface area (Å²) < 4.78 is 0. The van der Waals surface area contributed by atoms with Crippen LogP contribution in [-0.4, -0.2) is 11.8 Å². The number of anilines is 1. The molecule has 0 radical (unpaired) electrons. The first-order valence-corrected chi connectivity index (χ1v) is 10.1. The third-order valence-corrected chi connectivity index (χ3v) is 7.66. The molecule has 2 atom stereocenters. The highest BCUT2D eigenvalue weighted by atomic mass is 16.2. The first kappa shape index (κ1) is 16.7. The maximum atomic E-state index is 13.8. The van der Waals surface area contributed by atoms with Crippen LogP contribution in [0.25, 0.3) is 0 Å². The molecule has 3 nitrogen and oxygen atoms in total. The van der Waals surface area contributed by atoms with Crippen molar-refractivity contribution in [3.8, 4) is 0 Å². The quantitative estimate of drug-likeness (QED) is 0.587. The number of amides is 2. The summed E-state index contributed by atoms with van der Waals surface area (Å²) in [5.74, 6) is -0.956. The number of benzene rings is 3. The molecule has 0 N–H and O–H groups in total. The van der Waals surface area contributed by atoms with Crippen LogP contribution in [0.4, 0.5) is 5.69 Å². The Balaban J connectivity index is 1.69. The lowest BCUT2D eigenvalue weighted by Gasteiger charge is -2.57. The zero-order chi connectivity index (χ0) is 20.0. The van der Waals surface area contributed by atoms with Gasteiger partial charge >= 0.3 is 0 Å². The van der Waals surface area contributed by atoms with Gasteiger partial charge in [0.25, 0.3) is 0 Å². The first-order valence-electron chi connectivity index (χ1n) is 10.1. The van der Waals surface area contributed by atoms with E-state index in [2.05, 4.69) is 38.1 Å². The van der Waals surface area contributed by atoms with Crippen LogP contribution in [0.1, 0.15) is 36.1 Å². The molecule has 3 aromatic rings.